The van der Waals surface area contributed by atoms with Crippen molar-refractivity contribution < 1.29 is 14.3 Å². The Morgan fingerprint density at radius 3 is 2.78 bits per heavy atom. The van der Waals surface area contributed by atoms with E-state index in [4.69, 9.17) is 4.74 Å². The zero-order valence-corrected chi connectivity index (χ0v) is 16.1. The number of aromatic nitrogens is 1. The second kappa shape index (κ2) is 9.25. The van der Waals surface area contributed by atoms with Crippen molar-refractivity contribution in [3.8, 4) is 0 Å². The summed E-state index contributed by atoms with van der Waals surface area (Å²) < 4.78 is 5.64. The first-order valence-corrected chi connectivity index (χ1v) is 9.51. The van der Waals surface area contributed by atoms with Crippen molar-refractivity contribution in [3.63, 3.8) is 0 Å². The molecule has 148 valence electrons. The van der Waals surface area contributed by atoms with Gasteiger partial charge in [-0.25, -0.2) is 0 Å². The molecule has 0 spiro atoms. The summed E-state index contributed by atoms with van der Waals surface area (Å²) >= 11 is 0. The summed E-state index contributed by atoms with van der Waals surface area (Å²) in [7, 11) is 4.16. The van der Waals surface area contributed by atoms with Crippen molar-refractivity contribution in [2.45, 2.75) is 18.6 Å². The molecular weight excluding hydrogens is 346 g/mol. The molecule has 1 aromatic heterocycles. The molecule has 0 bridgehead atoms. The highest BCUT2D eigenvalue weighted by Crippen LogP contribution is 2.24. The zero-order chi connectivity index (χ0) is 19.2. The fraction of sp³-hybridized carbons (Fsp3) is 0.632. The highest BCUT2D eigenvalue weighted by atomic mass is 16.5. The second-order valence-corrected chi connectivity index (χ2v) is 7.39. The molecule has 2 aliphatic heterocycles. The van der Waals surface area contributed by atoms with Gasteiger partial charge in [-0.3, -0.25) is 19.5 Å². The first-order valence-electron chi connectivity index (χ1n) is 9.51. The Morgan fingerprint density at radius 2 is 2.11 bits per heavy atom. The second-order valence-electron chi connectivity index (χ2n) is 7.39. The van der Waals surface area contributed by atoms with Crippen LogP contribution in [-0.4, -0.2) is 97.6 Å². The van der Waals surface area contributed by atoms with Gasteiger partial charge in [0.05, 0.1) is 6.04 Å². The van der Waals surface area contributed by atoms with Crippen LogP contribution in [0.2, 0.25) is 0 Å². The largest absolute Gasteiger partial charge is 0.356 e. The maximum absolute atomic E-state index is 13.1. The third-order valence-corrected chi connectivity index (χ3v) is 5.06. The van der Waals surface area contributed by atoms with E-state index in [0.717, 1.165) is 38.2 Å². The van der Waals surface area contributed by atoms with E-state index in [9.17, 15) is 9.59 Å². The van der Waals surface area contributed by atoms with Crippen LogP contribution in [0.1, 0.15) is 18.0 Å². The molecule has 0 aliphatic carbocycles. The van der Waals surface area contributed by atoms with E-state index in [2.05, 4.69) is 34.2 Å². The molecule has 2 aliphatic rings. The average molecular weight is 375 g/mol. The Hall–Kier alpha value is -2.03. The van der Waals surface area contributed by atoms with E-state index < -0.39 is 12.1 Å². The summed E-state index contributed by atoms with van der Waals surface area (Å²) in [5.41, 5.74) is 0.784. The lowest BCUT2D eigenvalue weighted by molar-refractivity contribution is -0.156. The van der Waals surface area contributed by atoms with Gasteiger partial charge in [0.1, 0.15) is 6.61 Å². The Bertz CT molecular complexity index is 631. The first kappa shape index (κ1) is 19.7. The Balaban J connectivity index is 1.57. The number of piperazine rings is 1. The molecule has 2 fully saturated rings. The van der Waals surface area contributed by atoms with Crippen LogP contribution in [0.25, 0.3) is 0 Å². The summed E-state index contributed by atoms with van der Waals surface area (Å²) in [6, 6.07) is 3.16. The van der Waals surface area contributed by atoms with Gasteiger partial charge >= 0.3 is 0 Å². The van der Waals surface area contributed by atoms with Crippen LogP contribution in [0.3, 0.4) is 0 Å². The molecule has 0 radical (unpaired) electrons. The Morgan fingerprint density at radius 1 is 1.33 bits per heavy atom. The molecule has 0 aromatic carbocycles. The maximum atomic E-state index is 13.1. The number of morpholine rings is 1. The SMILES string of the molecule is CN(C)CCCN1CCN(C(=O)[C@H]2OCC(=O)N[C@@H]2c2cccnc2)CC1. The molecule has 2 atom stereocenters. The Labute approximate surface area is 160 Å². The number of rotatable bonds is 6. The number of carbonyl (C=O) groups is 2. The van der Waals surface area contributed by atoms with E-state index >= 15 is 0 Å². The minimum Gasteiger partial charge on any atom is -0.356 e. The minimum atomic E-state index is -0.702. The lowest BCUT2D eigenvalue weighted by Crippen LogP contribution is -2.57. The van der Waals surface area contributed by atoms with Gasteiger partial charge in [0.15, 0.2) is 6.10 Å². The standard InChI is InChI=1S/C19H29N5O3/c1-22(2)7-4-8-23-9-11-24(12-10-23)19(26)18-17(21-16(25)14-27-18)15-5-3-6-20-13-15/h3,5-6,13,17-18H,4,7-12,14H2,1-2H3,(H,21,25)/t17-,18+/m1/s1. The van der Waals surface area contributed by atoms with Crippen LogP contribution >= 0.6 is 0 Å². The molecule has 1 aromatic rings. The smallest absolute Gasteiger partial charge is 0.254 e. The molecule has 3 rings (SSSR count). The minimum absolute atomic E-state index is 0.0585. The van der Waals surface area contributed by atoms with E-state index in [1.165, 1.54) is 0 Å². The van der Waals surface area contributed by atoms with E-state index in [-0.39, 0.29) is 18.4 Å². The fourth-order valence-corrected chi connectivity index (χ4v) is 3.57. The lowest BCUT2D eigenvalue weighted by Gasteiger charge is -2.39. The van der Waals surface area contributed by atoms with Crippen LogP contribution in [0.4, 0.5) is 0 Å². The van der Waals surface area contributed by atoms with Gasteiger partial charge in [-0.05, 0) is 45.2 Å². The van der Waals surface area contributed by atoms with Crippen LogP contribution in [-0.2, 0) is 14.3 Å². The fourth-order valence-electron chi connectivity index (χ4n) is 3.57. The van der Waals surface area contributed by atoms with Crippen molar-refractivity contribution in [2.24, 2.45) is 0 Å². The van der Waals surface area contributed by atoms with Crippen molar-refractivity contribution in [3.05, 3.63) is 30.1 Å². The number of pyridine rings is 1. The number of amides is 2. The highest BCUT2D eigenvalue weighted by Gasteiger charge is 2.39. The van der Waals surface area contributed by atoms with Gasteiger partial charge in [-0.1, -0.05) is 6.07 Å². The number of nitrogens with one attached hydrogen (secondary N) is 1. The first-order chi connectivity index (χ1) is 13.0. The molecule has 0 unspecified atom stereocenters. The van der Waals surface area contributed by atoms with Gasteiger partial charge in [-0.2, -0.15) is 0 Å². The molecule has 0 saturated carbocycles. The van der Waals surface area contributed by atoms with Gasteiger partial charge in [0.2, 0.25) is 5.91 Å². The summed E-state index contributed by atoms with van der Waals surface area (Å²) in [6.07, 6.45) is 3.76. The molecular formula is C19H29N5O3. The zero-order valence-electron chi connectivity index (χ0n) is 16.1. The molecule has 3 heterocycles. The van der Waals surface area contributed by atoms with Crippen LogP contribution in [0, 0.1) is 0 Å². The number of ether oxygens (including phenoxy) is 1. The summed E-state index contributed by atoms with van der Waals surface area (Å²) in [4.78, 5) is 35.4. The monoisotopic (exact) mass is 375 g/mol. The van der Waals surface area contributed by atoms with Crippen LogP contribution in [0.5, 0.6) is 0 Å². The van der Waals surface area contributed by atoms with Crippen LogP contribution < -0.4 is 5.32 Å². The van der Waals surface area contributed by atoms with Gasteiger partial charge < -0.3 is 19.9 Å². The molecule has 1 N–H and O–H groups in total. The van der Waals surface area contributed by atoms with Gasteiger partial charge in [-0.15, -0.1) is 0 Å². The van der Waals surface area contributed by atoms with Crippen molar-refractivity contribution >= 4 is 11.8 Å². The normalized spacial score (nSPS) is 24.1. The van der Waals surface area contributed by atoms with Gasteiger partial charge in [0.25, 0.3) is 5.91 Å². The lowest BCUT2D eigenvalue weighted by atomic mass is 10.00. The van der Waals surface area contributed by atoms with Crippen molar-refractivity contribution in [2.75, 3.05) is 60.0 Å². The van der Waals surface area contributed by atoms with Crippen molar-refractivity contribution in [1.29, 1.82) is 0 Å². The summed E-state index contributed by atoms with van der Waals surface area (Å²) in [5, 5.41) is 2.88. The number of nitrogens with zero attached hydrogens (tertiary/aromatic N) is 4. The number of hydrogen-bond donors (Lipinski definition) is 1. The topological polar surface area (TPSA) is 78.0 Å². The molecule has 2 saturated heterocycles. The third kappa shape index (κ3) is 5.24. The predicted molar refractivity (Wildman–Crippen MR) is 101 cm³/mol. The predicted octanol–water partition coefficient (Wildman–Crippen LogP) is -0.266. The quantitative estimate of drug-likeness (QED) is 0.738. The average Bonchev–Trinajstić information content (AvgIpc) is 2.68. The Kier molecular flexibility index (Phi) is 6.76. The number of carbonyl (C=O) groups excluding carboxylic acids is 2. The summed E-state index contributed by atoms with van der Waals surface area (Å²) in [6.45, 7) is 5.15. The summed E-state index contributed by atoms with van der Waals surface area (Å²) in [5.74, 6) is -0.268. The van der Waals surface area contributed by atoms with E-state index in [1.54, 1.807) is 18.5 Å². The van der Waals surface area contributed by atoms with Gasteiger partial charge in [0, 0.05) is 38.6 Å². The number of hydrogen-bond acceptors (Lipinski definition) is 6. The molecule has 8 nitrogen and oxygen atoms in total. The third-order valence-electron chi connectivity index (χ3n) is 5.06. The molecule has 8 heteroatoms. The van der Waals surface area contributed by atoms with Crippen molar-refractivity contribution in [1.82, 2.24) is 25.0 Å². The highest BCUT2D eigenvalue weighted by molar-refractivity contribution is 5.86. The van der Waals surface area contributed by atoms with E-state index in [1.807, 2.05) is 11.0 Å². The van der Waals surface area contributed by atoms with E-state index in [0.29, 0.717) is 13.1 Å². The molecule has 2 amide bonds. The maximum Gasteiger partial charge on any atom is 0.254 e. The molecule has 27 heavy (non-hydrogen) atoms. The van der Waals surface area contributed by atoms with Crippen LogP contribution in [0.15, 0.2) is 24.5 Å².